The minimum Gasteiger partial charge on any atom is -0.480 e. The molecule has 0 spiro atoms. The molecule has 94 valence electrons. The quantitative estimate of drug-likeness (QED) is 0.320. The Morgan fingerprint density at radius 2 is 2.00 bits per heavy atom. The molecule has 6 heteroatoms. The first kappa shape index (κ1) is 14.7. The summed E-state index contributed by atoms with van der Waals surface area (Å²) < 4.78 is 0. The molecule has 0 aliphatic heterocycles. The van der Waals surface area contributed by atoms with Gasteiger partial charge in [-0.1, -0.05) is 0 Å². The van der Waals surface area contributed by atoms with Gasteiger partial charge in [0.25, 0.3) is 0 Å². The number of aliphatic imine (C=N–C) groups is 1. The highest BCUT2D eigenvalue weighted by Crippen LogP contribution is 1.96. The van der Waals surface area contributed by atoms with Crippen molar-refractivity contribution in [2.45, 2.75) is 32.7 Å². The summed E-state index contributed by atoms with van der Waals surface area (Å²) in [5, 5.41) is 8.56. The molecular weight excluding hydrogens is 208 g/mol. The Labute approximate surface area is 96.3 Å². The van der Waals surface area contributed by atoms with Crippen LogP contribution >= 0.6 is 0 Å². The molecule has 6 nitrogen and oxygen atoms in total. The summed E-state index contributed by atoms with van der Waals surface area (Å²) in [7, 11) is 0. The molecule has 0 saturated carbocycles. The molecule has 0 bridgehead atoms. The Balaban J connectivity index is 3.86. The van der Waals surface area contributed by atoms with Crippen LogP contribution in [0.2, 0.25) is 0 Å². The molecule has 0 radical (unpaired) electrons. The second-order valence-corrected chi connectivity index (χ2v) is 3.50. The van der Waals surface area contributed by atoms with E-state index in [9.17, 15) is 4.79 Å². The van der Waals surface area contributed by atoms with Gasteiger partial charge < -0.3 is 21.5 Å². The largest absolute Gasteiger partial charge is 0.480 e. The number of aliphatic carboxylic acids is 1. The summed E-state index contributed by atoms with van der Waals surface area (Å²) >= 11 is 0. The van der Waals surface area contributed by atoms with Crippen LogP contribution in [0.1, 0.15) is 26.7 Å². The highest BCUT2D eigenvalue weighted by molar-refractivity contribution is 5.78. The Morgan fingerprint density at radius 1 is 1.44 bits per heavy atom. The molecule has 1 unspecified atom stereocenters. The van der Waals surface area contributed by atoms with Crippen LogP contribution in [0.3, 0.4) is 0 Å². The van der Waals surface area contributed by atoms with E-state index in [1.807, 2.05) is 18.7 Å². The minimum atomic E-state index is -0.972. The van der Waals surface area contributed by atoms with Crippen LogP contribution in [0.5, 0.6) is 0 Å². The Bertz CT molecular complexity index is 239. The predicted molar refractivity (Wildman–Crippen MR) is 64.3 cm³/mol. The van der Waals surface area contributed by atoms with Crippen molar-refractivity contribution in [3.63, 3.8) is 0 Å². The van der Waals surface area contributed by atoms with Crippen LogP contribution in [0.4, 0.5) is 0 Å². The molecule has 0 rings (SSSR count). The van der Waals surface area contributed by atoms with Gasteiger partial charge in [0.05, 0.1) is 0 Å². The van der Waals surface area contributed by atoms with Crippen molar-refractivity contribution in [2.75, 3.05) is 19.6 Å². The fourth-order valence-corrected chi connectivity index (χ4v) is 1.28. The molecule has 16 heavy (non-hydrogen) atoms. The molecule has 5 N–H and O–H groups in total. The third-order valence-electron chi connectivity index (χ3n) is 2.35. The Hall–Kier alpha value is -1.30. The molecule has 0 aromatic heterocycles. The highest BCUT2D eigenvalue weighted by Gasteiger charge is 2.10. The van der Waals surface area contributed by atoms with E-state index < -0.39 is 12.0 Å². The summed E-state index contributed by atoms with van der Waals surface area (Å²) in [6.45, 7) is 6.17. The topological polar surface area (TPSA) is 105 Å². The van der Waals surface area contributed by atoms with Gasteiger partial charge in [0.15, 0.2) is 5.96 Å². The van der Waals surface area contributed by atoms with Gasteiger partial charge in [0, 0.05) is 19.6 Å². The maximum atomic E-state index is 10.4. The number of nitrogens with zero attached hydrogens (tertiary/aromatic N) is 2. The summed E-state index contributed by atoms with van der Waals surface area (Å²) in [6, 6.07) is -0.801. The zero-order valence-corrected chi connectivity index (χ0v) is 10.0. The number of carboxylic acids is 1. The van der Waals surface area contributed by atoms with E-state index in [0.29, 0.717) is 25.3 Å². The van der Waals surface area contributed by atoms with Crippen molar-refractivity contribution < 1.29 is 9.90 Å². The van der Waals surface area contributed by atoms with Crippen LogP contribution in [-0.4, -0.2) is 47.6 Å². The van der Waals surface area contributed by atoms with Gasteiger partial charge in [-0.05, 0) is 26.7 Å². The SMILES string of the molecule is CCN(CC)C(N)=NCCCC(N)C(=O)O. The van der Waals surface area contributed by atoms with Gasteiger partial charge >= 0.3 is 5.97 Å². The van der Waals surface area contributed by atoms with Crippen molar-refractivity contribution >= 4 is 11.9 Å². The summed E-state index contributed by atoms with van der Waals surface area (Å²) in [6.07, 6.45) is 1.06. The molecule has 0 aromatic rings. The smallest absolute Gasteiger partial charge is 0.320 e. The fraction of sp³-hybridized carbons (Fsp3) is 0.800. The van der Waals surface area contributed by atoms with Gasteiger partial charge in [-0.3, -0.25) is 9.79 Å². The number of hydrogen-bond donors (Lipinski definition) is 3. The summed E-state index contributed by atoms with van der Waals surface area (Å²) in [5.74, 6) is -0.463. The molecule has 0 fully saturated rings. The normalized spacial score (nSPS) is 13.6. The van der Waals surface area contributed by atoms with Crippen LogP contribution in [0.15, 0.2) is 4.99 Å². The van der Waals surface area contributed by atoms with Gasteiger partial charge in [0.1, 0.15) is 6.04 Å². The first-order valence-corrected chi connectivity index (χ1v) is 5.56. The van der Waals surface area contributed by atoms with Gasteiger partial charge in [-0.2, -0.15) is 0 Å². The van der Waals surface area contributed by atoms with Gasteiger partial charge in [0.2, 0.25) is 0 Å². The van der Waals surface area contributed by atoms with Crippen LogP contribution in [-0.2, 0) is 4.79 Å². The number of carboxylic acid groups (broad SMARTS) is 1. The predicted octanol–water partition coefficient (Wildman–Crippen LogP) is -0.165. The van der Waals surface area contributed by atoms with Crippen LogP contribution in [0, 0.1) is 0 Å². The third-order valence-corrected chi connectivity index (χ3v) is 2.35. The second-order valence-electron chi connectivity index (χ2n) is 3.50. The molecule has 0 aromatic carbocycles. The van der Waals surface area contributed by atoms with Crippen LogP contribution < -0.4 is 11.5 Å². The Kier molecular flexibility index (Phi) is 7.28. The molecule has 1 atom stereocenters. The molecule has 0 heterocycles. The number of nitrogens with two attached hydrogens (primary N) is 2. The number of hydrogen-bond acceptors (Lipinski definition) is 3. The number of rotatable bonds is 7. The van der Waals surface area contributed by atoms with Crippen molar-refractivity contribution in [3.05, 3.63) is 0 Å². The second kappa shape index (κ2) is 7.92. The molecule has 0 aliphatic rings. The van der Waals surface area contributed by atoms with Crippen LogP contribution in [0.25, 0.3) is 0 Å². The standard InChI is InChI=1S/C10H22N4O2/c1-3-14(4-2)10(12)13-7-5-6-8(11)9(15)16/h8H,3-7,11H2,1-2H3,(H2,12,13)(H,15,16). The lowest BCUT2D eigenvalue weighted by Gasteiger charge is -2.19. The van der Waals surface area contributed by atoms with E-state index in [1.165, 1.54) is 0 Å². The van der Waals surface area contributed by atoms with E-state index in [4.69, 9.17) is 16.6 Å². The summed E-state index contributed by atoms with van der Waals surface area (Å²) in [4.78, 5) is 16.5. The van der Waals surface area contributed by atoms with Crippen molar-refractivity contribution in [3.8, 4) is 0 Å². The zero-order chi connectivity index (χ0) is 12.6. The highest BCUT2D eigenvalue weighted by atomic mass is 16.4. The maximum Gasteiger partial charge on any atom is 0.320 e. The average Bonchev–Trinajstić information content (AvgIpc) is 2.25. The first-order chi connectivity index (χ1) is 7.52. The van der Waals surface area contributed by atoms with E-state index in [0.717, 1.165) is 13.1 Å². The molecule has 0 saturated heterocycles. The third kappa shape index (κ3) is 5.55. The monoisotopic (exact) mass is 230 g/mol. The first-order valence-electron chi connectivity index (χ1n) is 5.56. The van der Waals surface area contributed by atoms with Gasteiger partial charge in [-0.25, -0.2) is 0 Å². The minimum absolute atomic E-state index is 0.421. The van der Waals surface area contributed by atoms with Crippen molar-refractivity contribution in [1.82, 2.24) is 4.90 Å². The van der Waals surface area contributed by atoms with E-state index in [2.05, 4.69) is 4.99 Å². The lowest BCUT2D eigenvalue weighted by atomic mass is 10.2. The number of carbonyl (C=O) groups is 1. The lowest BCUT2D eigenvalue weighted by Crippen LogP contribution is -2.37. The van der Waals surface area contributed by atoms with E-state index >= 15 is 0 Å². The molecular formula is C10H22N4O2. The lowest BCUT2D eigenvalue weighted by molar-refractivity contribution is -0.138. The summed E-state index contributed by atoms with van der Waals surface area (Å²) in [5.41, 5.74) is 11.1. The van der Waals surface area contributed by atoms with E-state index in [-0.39, 0.29) is 0 Å². The average molecular weight is 230 g/mol. The van der Waals surface area contributed by atoms with Gasteiger partial charge in [-0.15, -0.1) is 0 Å². The fourth-order valence-electron chi connectivity index (χ4n) is 1.28. The Morgan fingerprint density at radius 3 is 2.44 bits per heavy atom. The van der Waals surface area contributed by atoms with E-state index in [1.54, 1.807) is 0 Å². The number of guanidine groups is 1. The molecule has 0 aliphatic carbocycles. The van der Waals surface area contributed by atoms with Crippen molar-refractivity contribution in [2.24, 2.45) is 16.5 Å². The zero-order valence-electron chi connectivity index (χ0n) is 10.0. The molecule has 0 amide bonds. The maximum absolute atomic E-state index is 10.4. The van der Waals surface area contributed by atoms with Crippen molar-refractivity contribution in [1.29, 1.82) is 0 Å².